The van der Waals surface area contributed by atoms with E-state index in [1.165, 1.54) is 0 Å². The van der Waals surface area contributed by atoms with Crippen LogP contribution >= 0.6 is 28.3 Å². The standard InChI is InChI=1S/C17H25BrN2O2.ClH/c18-15-7-5-6-14(12-15)16-13-20(10-11-22-16)17(21)8-3-1-2-4-9-19;/h5-7,12,16H,1-4,8-11,13,19H2;1H. The molecule has 1 heterocycles. The van der Waals surface area contributed by atoms with Gasteiger partial charge in [0, 0.05) is 17.4 Å². The Hall–Kier alpha value is -0.620. The van der Waals surface area contributed by atoms with Crippen molar-refractivity contribution >= 4 is 34.2 Å². The van der Waals surface area contributed by atoms with Crippen molar-refractivity contribution in [1.82, 2.24) is 4.90 Å². The summed E-state index contributed by atoms with van der Waals surface area (Å²) in [5.74, 6) is 0.246. The van der Waals surface area contributed by atoms with Gasteiger partial charge in [0.05, 0.1) is 13.2 Å². The third kappa shape index (κ3) is 6.79. The number of ether oxygens (including phenoxy) is 1. The molecule has 1 fully saturated rings. The number of hydrogen-bond acceptors (Lipinski definition) is 3. The van der Waals surface area contributed by atoms with Gasteiger partial charge in [-0.1, -0.05) is 40.9 Å². The van der Waals surface area contributed by atoms with Gasteiger partial charge in [-0.25, -0.2) is 0 Å². The number of benzene rings is 1. The molecule has 0 aromatic heterocycles. The number of hydrogen-bond donors (Lipinski definition) is 1. The number of rotatable bonds is 7. The van der Waals surface area contributed by atoms with Crippen molar-refractivity contribution in [3.8, 4) is 0 Å². The molecule has 2 N–H and O–H groups in total. The molecule has 130 valence electrons. The first-order valence-electron chi connectivity index (χ1n) is 8.05. The molecule has 1 saturated heterocycles. The Balaban J connectivity index is 0.00000264. The van der Waals surface area contributed by atoms with Gasteiger partial charge in [-0.05, 0) is 37.1 Å². The van der Waals surface area contributed by atoms with Gasteiger partial charge in [0.1, 0.15) is 6.10 Å². The largest absolute Gasteiger partial charge is 0.370 e. The summed E-state index contributed by atoms with van der Waals surface area (Å²) in [7, 11) is 0. The number of nitrogens with two attached hydrogens (primary N) is 1. The summed E-state index contributed by atoms with van der Waals surface area (Å²) in [5, 5.41) is 0. The lowest BCUT2D eigenvalue weighted by atomic mass is 10.1. The molecule has 4 nitrogen and oxygen atoms in total. The predicted octanol–water partition coefficient (Wildman–Crippen LogP) is 3.68. The molecule has 1 amide bonds. The number of nitrogens with zero attached hydrogens (tertiary/aromatic N) is 1. The minimum Gasteiger partial charge on any atom is -0.370 e. The van der Waals surface area contributed by atoms with E-state index >= 15 is 0 Å². The van der Waals surface area contributed by atoms with Crippen molar-refractivity contribution in [2.45, 2.75) is 38.2 Å². The maximum atomic E-state index is 12.3. The molecule has 23 heavy (non-hydrogen) atoms. The minimum atomic E-state index is -0.0209. The molecule has 0 aliphatic carbocycles. The van der Waals surface area contributed by atoms with Gasteiger partial charge in [0.2, 0.25) is 5.91 Å². The van der Waals surface area contributed by atoms with Crippen LogP contribution in [-0.4, -0.2) is 37.0 Å². The Morgan fingerprint density at radius 1 is 1.30 bits per heavy atom. The highest BCUT2D eigenvalue weighted by Crippen LogP contribution is 2.25. The van der Waals surface area contributed by atoms with E-state index in [-0.39, 0.29) is 24.4 Å². The van der Waals surface area contributed by atoms with E-state index in [2.05, 4.69) is 28.1 Å². The van der Waals surface area contributed by atoms with E-state index in [4.69, 9.17) is 10.5 Å². The predicted molar refractivity (Wildman–Crippen MR) is 98.8 cm³/mol. The Morgan fingerprint density at radius 3 is 2.83 bits per heavy atom. The summed E-state index contributed by atoms with van der Waals surface area (Å²) in [4.78, 5) is 14.3. The zero-order valence-corrected chi connectivity index (χ0v) is 15.8. The highest BCUT2D eigenvalue weighted by Gasteiger charge is 2.25. The highest BCUT2D eigenvalue weighted by atomic mass is 79.9. The maximum Gasteiger partial charge on any atom is 0.222 e. The van der Waals surface area contributed by atoms with Gasteiger partial charge >= 0.3 is 0 Å². The van der Waals surface area contributed by atoms with Crippen molar-refractivity contribution < 1.29 is 9.53 Å². The van der Waals surface area contributed by atoms with Crippen LogP contribution in [0.3, 0.4) is 0 Å². The summed E-state index contributed by atoms with van der Waals surface area (Å²) in [5.41, 5.74) is 6.60. The third-order valence-electron chi connectivity index (χ3n) is 3.98. The van der Waals surface area contributed by atoms with E-state index in [0.717, 1.165) is 42.3 Å². The summed E-state index contributed by atoms with van der Waals surface area (Å²) in [6, 6.07) is 8.11. The van der Waals surface area contributed by atoms with E-state index in [1.807, 2.05) is 17.0 Å². The molecule has 2 rings (SSSR count). The van der Waals surface area contributed by atoms with E-state index in [0.29, 0.717) is 26.1 Å². The topological polar surface area (TPSA) is 55.6 Å². The van der Waals surface area contributed by atoms with Gasteiger partial charge in [0.25, 0.3) is 0 Å². The molecule has 6 heteroatoms. The number of carbonyl (C=O) groups is 1. The number of carbonyl (C=O) groups excluding carboxylic acids is 1. The molecule has 1 atom stereocenters. The summed E-state index contributed by atoms with van der Waals surface area (Å²) in [6.45, 7) is 2.70. The van der Waals surface area contributed by atoms with Crippen LogP contribution in [0.5, 0.6) is 0 Å². The first kappa shape index (κ1) is 20.4. The fourth-order valence-corrected chi connectivity index (χ4v) is 3.13. The van der Waals surface area contributed by atoms with Crippen molar-refractivity contribution in [1.29, 1.82) is 0 Å². The Labute approximate surface area is 153 Å². The average molecular weight is 406 g/mol. The zero-order valence-electron chi connectivity index (χ0n) is 13.4. The summed E-state index contributed by atoms with van der Waals surface area (Å²) in [6.07, 6.45) is 4.83. The second kappa shape index (κ2) is 11.0. The summed E-state index contributed by atoms with van der Waals surface area (Å²) >= 11 is 3.48. The normalized spacial score (nSPS) is 17.7. The van der Waals surface area contributed by atoms with Crippen LogP contribution in [0.1, 0.15) is 43.8 Å². The average Bonchev–Trinajstić information content (AvgIpc) is 2.54. The van der Waals surface area contributed by atoms with E-state index in [1.54, 1.807) is 0 Å². The SMILES string of the molecule is Cl.NCCCCCCC(=O)N1CCOC(c2cccc(Br)c2)C1. The molecule has 0 spiro atoms. The van der Waals surface area contributed by atoms with Gasteiger partial charge in [0.15, 0.2) is 0 Å². The van der Waals surface area contributed by atoms with Crippen LogP contribution in [0.4, 0.5) is 0 Å². The van der Waals surface area contributed by atoms with Crippen molar-refractivity contribution in [3.63, 3.8) is 0 Å². The number of morpholine rings is 1. The van der Waals surface area contributed by atoms with E-state index in [9.17, 15) is 4.79 Å². The maximum absolute atomic E-state index is 12.3. The number of unbranched alkanes of at least 4 members (excludes halogenated alkanes) is 3. The van der Waals surface area contributed by atoms with Crippen LogP contribution in [-0.2, 0) is 9.53 Å². The van der Waals surface area contributed by atoms with Crippen molar-refractivity contribution in [3.05, 3.63) is 34.3 Å². The molecule has 1 aromatic carbocycles. The molecule has 1 aliphatic heterocycles. The van der Waals surface area contributed by atoms with E-state index < -0.39 is 0 Å². The van der Waals surface area contributed by atoms with Gasteiger partial charge in [-0.2, -0.15) is 0 Å². The number of halogens is 2. The fraction of sp³-hybridized carbons (Fsp3) is 0.588. The molecule has 0 saturated carbocycles. The quantitative estimate of drug-likeness (QED) is 0.704. The van der Waals surface area contributed by atoms with Crippen molar-refractivity contribution in [2.75, 3.05) is 26.2 Å². The molecule has 0 bridgehead atoms. The third-order valence-corrected chi connectivity index (χ3v) is 4.48. The lowest BCUT2D eigenvalue weighted by Crippen LogP contribution is -2.42. The molecule has 1 aliphatic rings. The van der Waals surface area contributed by atoms with Gasteiger partial charge in [-0.15, -0.1) is 12.4 Å². The highest BCUT2D eigenvalue weighted by molar-refractivity contribution is 9.10. The molecule has 1 unspecified atom stereocenters. The van der Waals surface area contributed by atoms with Crippen LogP contribution in [0, 0.1) is 0 Å². The molecule has 1 aromatic rings. The Morgan fingerprint density at radius 2 is 2.09 bits per heavy atom. The van der Waals surface area contributed by atoms with Crippen LogP contribution in [0.15, 0.2) is 28.7 Å². The fourth-order valence-electron chi connectivity index (χ4n) is 2.72. The van der Waals surface area contributed by atoms with Crippen LogP contribution < -0.4 is 5.73 Å². The smallest absolute Gasteiger partial charge is 0.222 e. The summed E-state index contributed by atoms with van der Waals surface area (Å²) < 4.78 is 6.87. The second-order valence-corrected chi connectivity index (χ2v) is 6.62. The second-order valence-electron chi connectivity index (χ2n) is 5.71. The lowest BCUT2D eigenvalue weighted by Gasteiger charge is -2.33. The molecular weight excluding hydrogens is 380 g/mol. The lowest BCUT2D eigenvalue weighted by molar-refractivity contribution is -0.139. The Kier molecular flexibility index (Phi) is 9.79. The van der Waals surface area contributed by atoms with Crippen molar-refractivity contribution in [2.24, 2.45) is 5.73 Å². The molecule has 0 radical (unpaired) electrons. The first-order valence-corrected chi connectivity index (χ1v) is 8.85. The van der Waals surface area contributed by atoms with Gasteiger partial charge < -0.3 is 15.4 Å². The van der Waals surface area contributed by atoms with Crippen LogP contribution in [0.25, 0.3) is 0 Å². The minimum absolute atomic E-state index is 0. The monoisotopic (exact) mass is 404 g/mol. The first-order chi connectivity index (χ1) is 10.7. The zero-order chi connectivity index (χ0) is 15.8. The van der Waals surface area contributed by atoms with Gasteiger partial charge in [-0.3, -0.25) is 4.79 Å². The Bertz CT molecular complexity index is 487. The van der Waals surface area contributed by atoms with Crippen LogP contribution in [0.2, 0.25) is 0 Å². The molecular formula is C17H26BrClN2O2. The number of amides is 1.